The van der Waals surface area contributed by atoms with E-state index in [0.717, 1.165) is 10.9 Å². The fourth-order valence-corrected chi connectivity index (χ4v) is 1.40. The van der Waals surface area contributed by atoms with Crippen LogP contribution in [-0.2, 0) is 0 Å². The number of anilines is 1. The Kier molecular flexibility index (Phi) is 2.23. The average Bonchev–Trinajstić information content (AvgIpc) is 2.19. The summed E-state index contributed by atoms with van der Waals surface area (Å²) < 4.78 is 5.38. The van der Waals surface area contributed by atoms with Gasteiger partial charge < -0.3 is 10.5 Å². The van der Waals surface area contributed by atoms with E-state index in [1.165, 1.54) is 0 Å². The maximum Gasteiger partial charge on any atom is 0.144 e. The lowest BCUT2D eigenvalue weighted by Crippen LogP contribution is -1.97. The van der Waals surface area contributed by atoms with Crippen molar-refractivity contribution in [3.05, 3.63) is 30.5 Å². The first-order chi connectivity index (χ1) is 6.81. The molecular formula is C11H12N2O. The first-order valence-corrected chi connectivity index (χ1v) is 4.58. The lowest BCUT2D eigenvalue weighted by atomic mass is 10.2. The van der Waals surface area contributed by atoms with Crippen LogP contribution in [-0.4, -0.2) is 11.6 Å². The number of rotatable bonds is 2. The van der Waals surface area contributed by atoms with Crippen molar-refractivity contribution in [3.8, 4) is 5.75 Å². The molecule has 14 heavy (non-hydrogen) atoms. The Morgan fingerprint density at radius 3 is 3.07 bits per heavy atom. The van der Waals surface area contributed by atoms with Crippen LogP contribution in [0.5, 0.6) is 5.75 Å². The molecule has 0 fully saturated rings. The van der Waals surface area contributed by atoms with Crippen molar-refractivity contribution in [2.45, 2.75) is 6.92 Å². The molecule has 0 aliphatic heterocycles. The zero-order chi connectivity index (χ0) is 9.97. The second-order valence-corrected chi connectivity index (χ2v) is 3.02. The summed E-state index contributed by atoms with van der Waals surface area (Å²) in [5.74, 6) is 0.707. The molecular weight excluding hydrogens is 176 g/mol. The number of hydrogen-bond donors (Lipinski definition) is 1. The van der Waals surface area contributed by atoms with E-state index in [-0.39, 0.29) is 0 Å². The van der Waals surface area contributed by atoms with Crippen LogP contribution in [0.2, 0.25) is 0 Å². The predicted octanol–water partition coefficient (Wildman–Crippen LogP) is 2.22. The van der Waals surface area contributed by atoms with E-state index in [0.29, 0.717) is 18.0 Å². The maximum atomic E-state index is 5.82. The fraction of sp³-hybridized carbons (Fsp3) is 0.182. The lowest BCUT2D eigenvalue weighted by Gasteiger charge is -2.07. The van der Waals surface area contributed by atoms with E-state index in [9.17, 15) is 0 Å². The molecule has 3 heteroatoms. The minimum absolute atomic E-state index is 0.614. The van der Waals surface area contributed by atoms with Gasteiger partial charge >= 0.3 is 0 Å². The number of hydrogen-bond acceptors (Lipinski definition) is 3. The summed E-state index contributed by atoms with van der Waals surface area (Å²) in [7, 11) is 0. The maximum absolute atomic E-state index is 5.82. The molecule has 0 aliphatic carbocycles. The van der Waals surface area contributed by atoms with Crippen LogP contribution in [0.4, 0.5) is 5.69 Å². The quantitative estimate of drug-likeness (QED) is 0.735. The Balaban J connectivity index is 2.59. The van der Waals surface area contributed by atoms with Crippen LogP contribution in [0.1, 0.15) is 6.92 Å². The van der Waals surface area contributed by atoms with Gasteiger partial charge in [0.15, 0.2) is 0 Å². The molecule has 0 saturated carbocycles. The highest BCUT2D eigenvalue weighted by atomic mass is 16.5. The minimum atomic E-state index is 0.614. The van der Waals surface area contributed by atoms with Gasteiger partial charge in [0.25, 0.3) is 0 Å². The molecule has 1 heterocycles. The number of nitrogens with zero attached hydrogens (tertiary/aromatic N) is 1. The molecule has 0 amide bonds. The van der Waals surface area contributed by atoms with Gasteiger partial charge in [-0.15, -0.1) is 0 Å². The molecule has 0 saturated heterocycles. The lowest BCUT2D eigenvalue weighted by molar-refractivity contribution is 0.342. The number of pyridine rings is 1. The molecule has 0 atom stereocenters. The Bertz CT molecular complexity index is 454. The monoisotopic (exact) mass is 188 g/mol. The van der Waals surface area contributed by atoms with Gasteiger partial charge in [0.2, 0.25) is 0 Å². The standard InChI is InChI=1S/C11H12N2O/c1-2-14-11-7-10-8(6-9(11)12)4-3-5-13-10/h3-7H,2,12H2,1H3. The zero-order valence-electron chi connectivity index (χ0n) is 8.03. The van der Waals surface area contributed by atoms with Gasteiger partial charge in [-0.1, -0.05) is 6.07 Å². The third-order valence-corrected chi connectivity index (χ3v) is 2.03. The number of aromatic nitrogens is 1. The van der Waals surface area contributed by atoms with Gasteiger partial charge in [-0.3, -0.25) is 4.98 Å². The highest BCUT2D eigenvalue weighted by Crippen LogP contribution is 2.26. The molecule has 0 unspecified atom stereocenters. The molecule has 3 nitrogen and oxygen atoms in total. The Morgan fingerprint density at radius 2 is 2.29 bits per heavy atom. The fourth-order valence-electron chi connectivity index (χ4n) is 1.40. The smallest absolute Gasteiger partial charge is 0.144 e. The number of fused-ring (bicyclic) bond motifs is 1. The van der Waals surface area contributed by atoms with Gasteiger partial charge in [-0.05, 0) is 19.1 Å². The summed E-state index contributed by atoms with van der Waals surface area (Å²) in [6, 6.07) is 7.62. The summed E-state index contributed by atoms with van der Waals surface area (Å²) in [6.07, 6.45) is 1.76. The molecule has 1 aromatic carbocycles. The highest BCUT2D eigenvalue weighted by molar-refractivity contribution is 5.84. The van der Waals surface area contributed by atoms with Crippen LogP contribution >= 0.6 is 0 Å². The van der Waals surface area contributed by atoms with Gasteiger partial charge in [0, 0.05) is 17.6 Å². The Hall–Kier alpha value is -1.77. The molecule has 0 bridgehead atoms. The van der Waals surface area contributed by atoms with Gasteiger partial charge in [-0.25, -0.2) is 0 Å². The van der Waals surface area contributed by atoms with Crippen LogP contribution < -0.4 is 10.5 Å². The number of ether oxygens (including phenoxy) is 1. The molecule has 2 N–H and O–H groups in total. The van der Waals surface area contributed by atoms with Crippen molar-refractivity contribution in [1.82, 2.24) is 4.98 Å². The third kappa shape index (κ3) is 1.48. The Morgan fingerprint density at radius 1 is 1.43 bits per heavy atom. The number of benzene rings is 1. The third-order valence-electron chi connectivity index (χ3n) is 2.03. The average molecular weight is 188 g/mol. The second-order valence-electron chi connectivity index (χ2n) is 3.02. The van der Waals surface area contributed by atoms with Gasteiger partial charge in [0.1, 0.15) is 5.75 Å². The summed E-state index contributed by atoms with van der Waals surface area (Å²) in [4.78, 5) is 4.23. The molecule has 0 aliphatic rings. The number of nitrogens with two attached hydrogens (primary N) is 1. The summed E-state index contributed by atoms with van der Waals surface area (Å²) >= 11 is 0. The Labute approximate surface area is 82.5 Å². The molecule has 2 aromatic rings. The first-order valence-electron chi connectivity index (χ1n) is 4.58. The molecule has 0 spiro atoms. The van der Waals surface area contributed by atoms with E-state index in [2.05, 4.69) is 4.98 Å². The normalized spacial score (nSPS) is 10.4. The predicted molar refractivity (Wildman–Crippen MR) is 57.3 cm³/mol. The van der Waals surface area contributed by atoms with Crippen LogP contribution in [0.25, 0.3) is 10.9 Å². The topological polar surface area (TPSA) is 48.1 Å². The zero-order valence-corrected chi connectivity index (χ0v) is 8.03. The largest absolute Gasteiger partial charge is 0.492 e. The molecule has 2 rings (SSSR count). The van der Waals surface area contributed by atoms with Crippen molar-refractivity contribution in [1.29, 1.82) is 0 Å². The van der Waals surface area contributed by atoms with Crippen molar-refractivity contribution in [2.24, 2.45) is 0 Å². The van der Waals surface area contributed by atoms with Crippen LogP contribution in [0, 0.1) is 0 Å². The van der Waals surface area contributed by atoms with E-state index < -0.39 is 0 Å². The summed E-state index contributed by atoms with van der Waals surface area (Å²) in [6.45, 7) is 2.55. The van der Waals surface area contributed by atoms with E-state index in [1.54, 1.807) is 6.20 Å². The van der Waals surface area contributed by atoms with Crippen molar-refractivity contribution < 1.29 is 4.74 Å². The molecule has 72 valence electrons. The second kappa shape index (κ2) is 3.54. The van der Waals surface area contributed by atoms with Crippen molar-refractivity contribution >= 4 is 16.6 Å². The van der Waals surface area contributed by atoms with E-state index >= 15 is 0 Å². The minimum Gasteiger partial charge on any atom is -0.492 e. The first kappa shape index (κ1) is 8.81. The van der Waals surface area contributed by atoms with Crippen LogP contribution in [0.15, 0.2) is 30.5 Å². The van der Waals surface area contributed by atoms with Crippen LogP contribution in [0.3, 0.4) is 0 Å². The van der Waals surface area contributed by atoms with Crippen molar-refractivity contribution in [3.63, 3.8) is 0 Å². The summed E-state index contributed by atoms with van der Waals surface area (Å²) in [5, 5.41) is 1.04. The molecule has 0 radical (unpaired) electrons. The van der Waals surface area contributed by atoms with Gasteiger partial charge in [-0.2, -0.15) is 0 Å². The SMILES string of the molecule is CCOc1cc2ncccc2cc1N. The highest BCUT2D eigenvalue weighted by Gasteiger charge is 2.02. The van der Waals surface area contributed by atoms with Gasteiger partial charge in [0.05, 0.1) is 17.8 Å². The van der Waals surface area contributed by atoms with E-state index in [1.807, 2.05) is 31.2 Å². The van der Waals surface area contributed by atoms with Crippen molar-refractivity contribution in [2.75, 3.05) is 12.3 Å². The van der Waals surface area contributed by atoms with E-state index in [4.69, 9.17) is 10.5 Å². The number of nitrogen functional groups attached to an aromatic ring is 1. The summed E-state index contributed by atoms with van der Waals surface area (Å²) in [5.41, 5.74) is 7.39. The molecule has 1 aromatic heterocycles.